The fourth-order valence-corrected chi connectivity index (χ4v) is 3.61. The van der Waals surface area contributed by atoms with Crippen LogP contribution in [0.4, 0.5) is 0 Å². The lowest BCUT2D eigenvalue weighted by molar-refractivity contribution is -0.142. The molecule has 2 aromatic rings. The summed E-state index contributed by atoms with van der Waals surface area (Å²) in [5.74, 6) is 0.201. The Hall–Kier alpha value is -1.88. The largest absolute Gasteiger partial charge is 0.481 e. The predicted molar refractivity (Wildman–Crippen MR) is 73.2 cm³/mol. The molecule has 0 spiro atoms. The summed E-state index contributed by atoms with van der Waals surface area (Å²) in [4.78, 5) is 15.7. The number of carboxylic acids is 1. The SMILES string of the molecule is O=C(O)[C@@H]1C[C@H](NCc2cn3ccccc3n2)[C@H]2C[C@H]21. The van der Waals surface area contributed by atoms with Gasteiger partial charge in [0.2, 0.25) is 0 Å². The Morgan fingerprint density at radius 2 is 2.30 bits per heavy atom. The van der Waals surface area contributed by atoms with Crippen LogP contribution in [-0.2, 0) is 11.3 Å². The molecule has 2 aromatic heterocycles. The zero-order valence-electron chi connectivity index (χ0n) is 11.1. The molecule has 104 valence electrons. The number of hydrogen-bond acceptors (Lipinski definition) is 3. The van der Waals surface area contributed by atoms with Crippen LogP contribution in [0.3, 0.4) is 0 Å². The van der Waals surface area contributed by atoms with Crippen molar-refractivity contribution in [2.45, 2.75) is 25.4 Å². The average Bonchev–Trinajstić information content (AvgIpc) is 2.97. The molecule has 5 nitrogen and oxygen atoms in total. The van der Waals surface area contributed by atoms with Crippen molar-refractivity contribution < 1.29 is 9.90 Å². The van der Waals surface area contributed by atoms with Gasteiger partial charge in [0.15, 0.2) is 0 Å². The standard InChI is InChI=1S/C15H17N3O2/c19-15(20)12-6-13(11-5-10(11)12)16-7-9-8-18-4-2-1-3-14(18)17-9/h1-4,8,10-13,16H,5-7H2,(H,19,20)/t10-,11+,12-,13+/m1/s1. The minimum absolute atomic E-state index is 0.140. The summed E-state index contributed by atoms with van der Waals surface area (Å²) in [6, 6.07) is 6.28. The van der Waals surface area contributed by atoms with Crippen molar-refractivity contribution in [2.75, 3.05) is 0 Å². The Morgan fingerprint density at radius 3 is 3.05 bits per heavy atom. The fourth-order valence-electron chi connectivity index (χ4n) is 3.61. The number of carbonyl (C=O) groups is 1. The van der Waals surface area contributed by atoms with E-state index in [4.69, 9.17) is 5.11 Å². The normalized spacial score (nSPS) is 31.4. The van der Waals surface area contributed by atoms with Gasteiger partial charge in [0.25, 0.3) is 0 Å². The van der Waals surface area contributed by atoms with Crippen LogP contribution in [0.5, 0.6) is 0 Å². The minimum atomic E-state index is -0.630. The molecule has 20 heavy (non-hydrogen) atoms. The molecule has 5 heteroatoms. The maximum Gasteiger partial charge on any atom is 0.306 e. The van der Waals surface area contributed by atoms with Crippen LogP contribution in [-0.4, -0.2) is 26.5 Å². The fraction of sp³-hybridized carbons (Fsp3) is 0.467. The Bertz CT molecular complexity index is 633. The summed E-state index contributed by atoms with van der Waals surface area (Å²) in [7, 11) is 0. The Labute approximate surface area is 116 Å². The van der Waals surface area contributed by atoms with Gasteiger partial charge < -0.3 is 14.8 Å². The van der Waals surface area contributed by atoms with Gasteiger partial charge in [-0.1, -0.05) is 6.07 Å². The number of nitrogens with zero attached hydrogens (tertiary/aromatic N) is 2. The first-order valence-electron chi connectivity index (χ1n) is 7.11. The number of hydrogen-bond donors (Lipinski definition) is 2. The molecule has 0 aliphatic heterocycles. The van der Waals surface area contributed by atoms with Gasteiger partial charge in [-0.25, -0.2) is 4.98 Å². The van der Waals surface area contributed by atoms with E-state index in [1.165, 1.54) is 0 Å². The monoisotopic (exact) mass is 271 g/mol. The number of pyridine rings is 1. The molecule has 2 fully saturated rings. The lowest BCUT2D eigenvalue weighted by Crippen LogP contribution is -2.30. The molecular weight excluding hydrogens is 254 g/mol. The van der Waals surface area contributed by atoms with Crippen molar-refractivity contribution in [3.8, 4) is 0 Å². The van der Waals surface area contributed by atoms with Crippen LogP contribution in [0.1, 0.15) is 18.5 Å². The van der Waals surface area contributed by atoms with Crippen LogP contribution in [0, 0.1) is 17.8 Å². The third-order valence-electron chi connectivity index (χ3n) is 4.71. The van der Waals surface area contributed by atoms with Crippen LogP contribution in [0.2, 0.25) is 0 Å². The lowest BCUT2D eigenvalue weighted by Gasteiger charge is -2.14. The third-order valence-corrected chi connectivity index (χ3v) is 4.71. The zero-order valence-corrected chi connectivity index (χ0v) is 11.1. The number of carboxylic acid groups (broad SMARTS) is 1. The number of nitrogens with one attached hydrogen (secondary N) is 1. The predicted octanol–water partition coefficient (Wildman–Crippen LogP) is 1.53. The number of aromatic nitrogens is 2. The molecule has 0 unspecified atom stereocenters. The molecule has 2 heterocycles. The second-order valence-corrected chi connectivity index (χ2v) is 5.93. The van der Waals surface area contributed by atoms with Crippen molar-refractivity contribution in [3.05, 3.63) is 36.3 Å². The van der Waals surface area contributed by atoms with Gasteiger partial charge in [0.05, 0.1) is 11.6 Å². The maximum atomic E-state index is 11.1. The average molecular weight is 271 g/mol. The summed E-state index contributed by atoms with van der Waals surface area (Å²) in [6.07, 6.45) is 5.84. The lowest BCUT2D eigenvalue weighted by atomic mass is 10.0. The van der Waals surface area contributed by atoms with Crippen molar-refractivity contribution >= 4 is 11.6 Å². The van der Waals surface area contributed by atoms with Gasteiger partial charge in [-0.05, 0) is 36.8 Å². The Morgan fingerprint density at radius 1 is 1.40 bits per heavy atom. The van der Waals surface area contributed by atoms with E-state index < -0.39 is 5.97 Å². The molecule has 0 saturated heterocycles. The van der Waals surface area contributed by atoms with E-state index in [2.05, 4.69) is 10.3 Å². The highest BCUT2D eigenvalue weighted by atomic mass is 16.4. The van der Waals surface area contributed by atoms with Crippen LogP contribution in [0.25, 0.3) is 5.65 Å². The van der Waals surface area contributed by atoms with Crippen molar-refractivity contribution in [2.24, 2.45) is 17.8 Å². The van der Waals surface area contributed by atoms with Crippen molar-refractivity contribution in [1.82, 2.24) is 14.7 Å². The minimum Gasteiger partial charge on any atom is -0.481 e. The van der Waals surface area contributed by atoms with E-state index in [1.54, 1.807) is 0 Å². The van der Waals surface area contributed by atoms with Crippen LogP contribution in [0.15, 0.2) is 30.6 Å². The summed E-state index contributed by atoms with van der Waals surface area (Å²) in [5.41, 5.74) is 1.95. The summed E-state index contributed by atoms with van der Waals surface area (Å²) in [6.45, 7) is 0.710. The van der Waals surface area contributed by atoms with Gasteiger partial charge in [-0.2, -0.15) is 0 Å². The van der Waals surface area contributed by atoms with E-state index in [0.29, 0.717) is 24.4 Å². The summed E-state index contributed by atoms with van der Waals surface area (Å²) >= 11 is 0. The number of fused-ring (bicyclic) bond motifs is 2. The first-order chi connectivity index (χ1) is 9.72. The van der Waals surface area contributed by atoms with E-state index in [0.717, 1.165) is 24.2 Å². The highest BCUT2D eigenvalue weighted by Crippen LogP contribution is 2.55. The molecule has 0 bridgehead atoms. The van der Waals surface area contributed by atoms with Crippen molar-refractivity contribution in [1.29, 1.82) is 0 Å². The highest BCUT2D eigenvalue weighted by Gasteiger charge is 2.56. The first kappa shape index (κ1) is 11.9. The summed E-state index contributed by atoms with van der Waals surface area (Å²) < 4.78 is 2.01. The maximum absolute atomic E-state index is 11.1. The number of aliphatic carboxylic acids is 1. The molecule has 4 rings (SSSR count). The van der Waals surface area contributed by atoms with Gasteiger partial charge in [-0.3, -0.25) is 4.79 Å². The molecule has 2 aliphatic rings. The zero-order chi connectivity index (χ0) is 13.7. The molecule has 0 aromatic carbocycles. The van der Waals surface area contributed by atoms with E-state index in [1.807, 2.05) is 35.0 Å². The van der Waals surface area contributed by atoms with E-state index in [9.17, 15) is 4.79 Å². The molecule has 2 N–H and O–H groups in total. The molecule has 2 aliphatic carbocycles. The van der Waals surface area contributed by atoms with E-state index in [-0.39, 0.29) is 5.92 Å². The molecular formula is C15H17N3O2. The molecule has 4 atom stereocenters. The van der Waals surface area contributed by atoms with Gasteiger partial charge in [-0.15, -0.1) is 0 Å². The first-order valence-corrected chi connectivity index (χ1v) is 7.11. The molecule has 2 saturated carbocycles. The topological polar surface area (TPSA) is 66.6 Å². The molecule has 0 amide bonds. The van der Waals surface area contributed by atoms with Crippen LogP contribution < -0.4 is 5.32 Å². The second-order valence-electron chi connectivity index (χ2n) is 5.93. The van der Waals surface area contributed by atoms with Crippen molar-refractivity contribution in [3.63, 3.8) is 0 Å². The highest BCUT2D eigenvalue weighted by molar-refractivity contribution is 5.71. The van der Waals surface area contributed by atoms with Gasteiger partial charge in [0, 0.05) is 25.0 Å². The second kappa shape index (κ2) is 4.31. The Kier molecular flexibility index (Phi) is 2.57. The number of rotatable bonds is 4. The molecule has 0 radical (unpaired) electrons. The third kappa shape index (κ3) is 1.89. The Balaban J connectivity index is 1.42. The smallest absolute Gasteiger partial charge is 0.306 e. The van der Waals surface area contributed by atoms with Crippen LogP contribution >= 0.6 is 0 Å². The number of imidazole rings is 1. The summed E-state index contributed by atoms with van der Waals surface area (Å²) in [5, 5.41) is 12.7. The van der Waals surface area contributed by atoms with Gasteiger partial charge >= 0.3 is 5.97 Å². The van der Waals surface area contributed by atoms with E-state index >= 15 is 0 Å². The van der Waals surface area contributed by atoms with Gasteiger partial charge in [0.1, 0.15) is 5.65 Å². The quantitative estimate of drug-likeness (QED) is 0.885.